The van der Waals surface area contributed by atoms with E-state index in [-0.39, 0.29) is 10.8 Å². The molecular weight excluding hydrogens is 550 g/mol. The van der Waals surface area contributed by atoms with Crippen molar-refractivity contribution in [2.45, 2.75) is 52.4 Å². The first kappa shape index (κ1) is 26.3. The van der Waals surface area contributed by atoms with Crippen LogP contribution in [0.5, 0.6) is 0 Å². The van der Waals surface area contributed by atoms with E-state index in [9.17, 15) is 0 Å². The van der Waals surface area contributed by atoms with E-state index in [1.165, 1.54) is 50.1 Å². The second kappa shape index (κ2) is 8.72. The Labute approximate surface area is 263 Å². The number of para-hydroxylation sites is 3. The molecule has 0 radical (unpaired) electrons. The fourth-order valence-electron chi connectivity index (χ4n) is 8.02. The molecule has 0 saturated carbocycles. The summed E-state index contributed by atoms with van der Waals surface area (Å²) in [7, 11) is 0. The molecule has 220 valence electrons. The molecule has 0 spiro atoms. The van der Waals surface area contributed by atoms with Gasteiger partial charge >= 0.3 is 0 Å². The number of nitrogens with zero attached hydrogens (tertiary/aromatic N) is 5. The number of aryl methyl sites for hydroxylation is 2. The number of aromatic nitrogens is 4. The molecule has 0 unspecified atom stereocenters. The molecule has 0 N–H and O–H groups in total. The second-order valence-electron chi connectivity index (χ2n) is 13.7. The molecule has 0 atom stereocenters. The van der Waals surface area contributed by atoms with Crippen LogP contribution in [0.4, 0.5) is 17.1 Å². The number of hydrogen-bond acceptors (Lipinski definition) is 3. The Morgan fingerprint density at radius 3 is 1.40 bits per heavy atom. The van der Waals surface area contributed by atoms with E-state index in [1.807, 2.05) is 0 Å². The lowest BCUT2D eigenvalue weighted by molar-refractivity contribution is 0.597. The predicted molar refractivity (Wildman–Crippen MR) is 184 cm³/mol. The highest BCUT2D eigenvalue weighted by atomic mass is 15.3. The van der Waals surface area contributed by atoms with Gasteiger partial charge in [0.2, 0.25) is 0 Å². The van der Waals surface area contributed by atoms with Gasteiger partial charge in [0.1, 0.15) is 0 Å². The first-order chi connectivity index (χ1) is 21.7. The number of anilines is 3. The average Bonchev–Trinajstić information content (AvgIpc) is 3.57. The summed E-state index contributed by atoms with van der Waals surface area (Å²) < 4.78 is 4.20. The molecule has 2 aliphatic heterocycles. The van der Waals surface area contributed by atoms with Gasteiger partial charge in [-0.2, -0.15) is 10.2 Å². The number of fused-ring (bicyclic) bond motifs is 6. The zero-order chi connectivity index (χ0) is 30.8. The van der Waals surface area contributed by atoms with E-state index in [1.54, 1.807) is 0 Å². The lowest BCUT2D eigenvalue weighted by Crippen LogP contribution is -2.38. The van der Waals surface area contributed by atoms with Crippen LogP contribution in [-0.4, -0.2) is 19.6 Å². The highest BCUT2D eigenvalue weighted by Crippen LogP contribution is 2.60. The summed E-state index contributed by atoms with van der Waals surface area (Å²) in [6.07, 6.45) is 0. The van der Waals surface area contributed by atoms with Crippen LogP contribution in [0.25, 0.3) is 33.2 Å². The fourth-order valence-corrected chi connectivity index (χ4v) is 8.02. The Morgan fingerprint density at radius 2 is 0.933 bits per heavy atom. The van der Waals surface area contributed by atoms with Crippen LogP contribution >= 0.6 is 0 Å². The Morgan fingerprint density at radius 1 is 0.489 bits per heavy atom. The van der Waals surface area contributed by atoms with Crippen molar-refractivity contribution in [1.29, 1.82) is 0 Å². The third kappa shape index (κ3) is 3.38. The van der Waals surface area contributed by atoms with E-state index in [2.05, 4.69) is 159 Å². The van der Waals surface area contributed by atoms with Gasteiger partial charge in [-0.05, 0) is 72.5 Å². The number of benzene rings is 5. The summed E-state index contributed by atoms with van der Waals surface area (Å²) in [5.74, 6) is 0. The molecule has 0 saturated heterocycles. The van der Waals surface area contributed by atoms with Gasteiger partial charge in [0.05, 0.1) is 50.9 Å². The van der Waals surface area contributed by atoms with Crippen LogP contribution in [-0.2, 0) is 10.8 Å². The standard InChI is InChI=1S/C40H35N5/c1-24-28-12-7-9-16-34(28)44(41-24)26-18-20-30-36(22-26)43-37-23-27(45-35-17-10-8-13-29(35)25(2)42-45)19-21-31(37)40(5,6)33-15-11-14-32(38(33)43)39(30,3)4/h7-23H,1-6H3. The minimum absolute atomic E-state index is 0.182. The molecule has 45 heavy (non-hydrogen) atoms. The maximum absolute atomic E-state index is 5.01. The molecule has 5 heteroatoms. The average molecular weight is 586 g/mol. The third-order valence-electron chi connectivity index (χ3n) is 10.4. The van der Waals surface area contributed by atoms with Gasteiger partial charge < -0.3 is 4.90 Å². The van der Waals surface area contributed by atoms with Gasteiger partial charge in [-0.1, -0.05) is 94.4 Å². The van der Waals surface area contributed by atoms with E-state index >= 15 is 0 Å². The Balaban J connectivity index is 1.34. The molecule has 7 aromatic rings. The molecule has 0 amide bonds. The van der Waals surface area contributed by atoms with Crippen LogP contribution in [0.3, 0.4) is 0 Å². The highest BCUT2D eigenvalue weighted by molar-refractivity contribution is 5.94. The zero-order valence-corrected chi connectivity index (χ0v) is 26.6. The first-order valence-electron chi connectivity index (χ1n) is 15.8. The summed E-state index contributed by atoms with van der Waals surface area (Å²) >= 11 is 0. The zero-order valence-electron chi connectivity index (χ0n) is 26.6. The smallest absolute Gasteiger partial charge is 0.0743 e. The monoisotopic (exact) mass is 585 g/mol. The predicted octanol–water partition coefficient (Wildman–Crippen LogP) is 9.73. The lowest BCUT2D eigenvalue weighted by atomic mass is 9.66. The normalized spacial score (nSPS) is 15.6. The molecule has 9 rings (SSSR count). The molecule has 2 aromatic heterocycles. The largest absolute Gasteiger partial charge is 0.309 e. The molecular formula is C40H35N5. The first-order valence-corrected chi connectivity index (χ1v) is 15.8. The van der Waals surface area contributed by atoms with Crippen molar-refractivity contribution in [2.24, 2.45) is 0 Å². The molecule has 5 aromatic carbocycles. The van der Waals surface area contributed by atoms with Gasteiger partial charge in [0.25, 0.3) is 0 Å². The topological polar surface area (TPSA) is 38.9 Å². The van der Waals surface area contributed by atoms with Crippen molar-refractivity contribution in [3.8, 4) is 11.4 Å². The van der Waals surface area contributed by atoms with Crippen molar-refractivity contribution in [2.75, 3.05) is 4.90 Å². The second-order valence-corrected chi connectivity index (χ2v) is 13.7. The highest BCUT2D eigenvalue weighted by Gasteiger charge is 2.45. The summed E-state index contributed by atoms with van der Waals surface area (Å²) in [5, 5.41) is 12.4. The van der Waals surface area contributed by atoms with E-state index in [0.717, 1.165) is 33.8 Å². The molecule has 0 bridgehead atoms. The minimum atomic E-state index is -0.182. The lowest BCUT2D eigenvalue weighted by Gasteiger charge is -2.49. The molecule has 4 heterocycles. The van der Waals surface area contributed by atoms with Crippen molar-refractivity contribution in [1.82, 2.24) is 19.6 Å². The quantitative estimate of drug-likeness (QED) is 0.203. The fraction of sp³-hybridized carbons (Fsp3) is 0.200. The Hall–Kier alpha value is -5.16. The van der Waals surface area contributed by atoms with Gasteiger partial charge in [0.15, 0.2) is 0 Å². The van der Waals surface area contributed by atoms with Crippen molar-refractivity contribution in [3.05, 3.63) is 137 Å². The Bertz CT molecular complexity index is 2200. The summed E-state index contributed by atoms with van der Waals surface area (Å²) in [6.45, 7) is 13.6. The van der Waals surface area contributed by atoms with Crippen molar-refractivity contribution >= 4 is 38.9 Å². The van der Waals surface area contributed by atoms with Crippen molar-refractivity contribution < 1.29 is 0 Å². The van der Waals surface area contributed by atoms with Crippen LogP contribution in [0.1, 0.15) is 61.3 Å². The number of hydrogen-bond donors (Lipinski definition) is 0. The third-order valence-corrected chi connectivity index (χ3v) is 10.4. The van der Waals surface area contributed by atoms with Crippen LogP contribution in [0.2, 0.25) is 0 Å². The van der Waals surface area contributed by atoms with Gasteiger partial charge in [-0.3, -0.25) is 0 Å². The van der Waals surface area contributed by atoms with Crippen LogP contribution in [0.15, 0.2) is 103 Å². The number of rotatable bonds is 2. The van der Waals surface area contributed by atoms with E-state index in [0.29, 0.717) is 0 Å². The maximum atomic E-state index is 5.01. The van der Waals surface area contributed by atoms with Crippen LogP contribution < -0.4 is 4.90 Å². The van der Waals surface area contributed by atoms with E-state index in [4.69, 9.17) is 10.2 Å². The summed E-state index contributed by atoms with van der Waals surface area (Å²) in [5.41, 5.74) is 15.1. The molecule has 0 fully saturated rings. The van der Waals surface area contributed by atoms with Gasteiger partial charge in [0, 0.05) is 21.6 Å². The van der Waals surface area contributed by atoms with Crippen molar-refractivity contribution in [3.63, 3.8) is 0 Å². The SMILES string of the molecule is Cc1nn(-c2ccc3c(c2)N2c4cc(-n5nc(C)c6ccccc65)ccc4C(C)(C)c4cccc(c42)C3(C)C)c2ccccc12. The molecule has 0 aliphatic carbocycles. The van der Waals surface area contributed by atoms with Crippen LogP contribution in [0, 0.1) is 13.8 Å². The van der Waals surface area contributed by atoms with Gasteiger partial charge in [-0.25, -0.2) is 9.36 Å². The Kier molecular flexibility index (Phi) is 5.09. The van der Waals surface area contributed by atoms with Gasteiger partial charge in [-0.15, -0.1) is 0 Å². The molecule has 5 nitrogen and oxygen atoms in total. The maximum Gasteiger partial charge on any atom is 0.0743 e. The summed E-state index contributed by atoms with van der Waals surface area (Å²) in [4.78, 5) is 2.52. The van der Waals surface area contributed by atoms with E-state index < -0.39 is 0 Å². The molecule has 2 aliphatic rings. The summed E-state index contributed by atoms with van der Waals surface area (Å²) in [6, 6.07) is 37.7. The minimum Gasteiger partial charge on any atom is -0.309 e.